The van der Waals surface area contributed by atoms with Crippen molar-refractivity contribution in [3.63, 3.8) is 0 Å². The number of carbonyl (C=O) groups is 3. The molecule has 7 heteroatoms. The van der Waals surface area contributed by atoms with Gasteiger partial charge in [-0.15, -0.1) is 0 Å². The van der Waals surface area contributed by atoms with Gasteiger partial charge in [-0.25, -0.2) is 9.78 Å². The van der Waals surface area contributed by atoms with Gasteiger partial charge in [-0.2, -0.15) is 0 Å². The van der Waals surface area contributed by atoms with Crippen LogP contribution in [0.1, 0.15) is 59.7 Å². The van der Waals surface area contributed by atoms with E-state index in [0.29, 0.717) is 22.5 Å². The molecule has 0 radical (unpaired) electrons. The maximum atomic E-state index is 12.6. The molecule has 0 bridgehead atoms. The van der Waals surface area contributed by atoms with Gasteiger partial charge >= 0.3 is 5.97 Å². The number of esters is 1. The minimum absolute atomic E-state index is 0.0473. The lowest BCUT2D eigenvalue weighted by molar-refractivity contribution is -0.123. The quantitative estimate of drug-likeness (QED) is 0.431. The van der Waals surface area contributed by atoms with Crippen LogP contribution < -0.4 is 5.32 Å². The number of aryl methyl sites for hydroxylation is 2. The van der Waals surface area contributed by atoms with Gasteiger partial charge in [0.15, 0.2) is 6.10 Å². The molecule has 0 saturated carbocycles. The maximum Gasteiger partial charge on any atom is 0.342 e. The molecule has 1 atom stereocenters. The summed E-state index contributed by atoms with van der Waals surface area (Å²) in [6.07, 6.45) is -1.01. The Hall–Kier alpha value is -2.73. The fourth-order valence-electron chi connectivity index (χ4n) is 2.58. The molecule has 1 heterocycles. The van der Waals surface area contributed by atoms with Crippen LogP contribution in [0.2, 0.25) is 5.15 Å². The smallest absolute Gasteiger partial charge is 0.342 e. The van der Waals surface area contributed by atoms with Crippen molar-refractivity contribution in [3.05, 3.63) is 57.9 Å². The molecule has 0 aliphatic heterocycles. The molecule has 1 aromatic carbocycles. The van der Waals surface area contributed by atoms with Gasteiger partial charge in [0.25, 0.3) is 0 Å². The van der Waals surface area contributed by atoms with Gasteiger partial charge in [-0.1, -0.05) is 32.4 Å². The van der Waals surface area contributed by atoms with Gasteiger partial charge in [-0.05, 0) is 56.7 Å². The molecule has 29 heavy (non-hydrogen) atoms. The second kappa shape index (κ2) is 8.74. The third kappa shape index (κ3) is 5.64. The molecule has 0 fully saturated rings. The number of benzene rings is 1. The molecular weight excluding hydrogens is 392 g/mol. The zero-order valence-corrected chi connectivity index (χ0v) is 18.2. The number of aromatic nitrogens is 1. The van der Waals surface area contributed by atoms with Crippen LogP contribution >= 0.6 is 11.6 Å². The summed E-state index contributed by atoms with van der Waals surface area (Å²) in [4.78, 5) is 41.2. The summed E-state index contributed by atoms with van der Waals surface area (Å²) in [5, 5.41) is 2.84. The number of halogens is 1. The number of nitrogens with zero attached hydrogens (tertiary/aromatic N) is 1. The number of anilines is 1. The number of ether oxygens (including phenoxy) is 1. The number of amides is 1. The highest BCUT2D eigenvalue weighted by atomic mass is 35.5. The first kappa shape index (κ1) is 22.6. The Kier molecular flexibility index (Phi) is 6.80. The van der Waals surface area contributed by atoms with Crippen LogP contribution in [0, 0.1) is 19.3 Å². The number of Topliss-reactive ketones (excluding diaryl/α,β-unsaturated/α-hetero) is 1. The molecule has 0 spiro atoms. The van der Waals surface area contributed by atoms with Gasteiger partial charge in [0.2, 0.25) is 11.7 Å². The monoisotopic (exact) mass is 416 g/mol. The number of nitrogens with one attached hydrogen (secondary N) is 1. The molecule has 6 nitrogen and oxygen atoms in total. The van der Waals surface area contributed by atoms with Crippen molar-refractivity contribution in [2.45, 2.75) is 47.6 Å². The third-order valence-corrected chi connectivity index (χ3v) is 4.54. The number of rotatable bonds is 5. The highest BCUT2D eigenvalue weighted by Crippen LogP contribution is 2.22. The topological polar surface area (TPSA) is 85.4 Å². The minimum Gasteiger partial charge on any atom is -0.451 e. The van der Waals surface area contributed by atoms with Crippen LogP contribution in [0.5, 0.6) is 0 Å². The molecule has 0 unspecified atom stereocenters. The van der Waals surface area contributed by atoms with Crippen molar-refractivity contribution >= 4 is 34.9 Å². The van der Waals surface area contributed by atoms with Crippen LogP contribution in [0.25, 0.3) is 0 Å². The lowest BCUT2D eigenvalue weighted by Gasteiger charge is -2.18. The van der Waals surface area contributed by atoms with E-state index in [4.69, 9.17) is 16.3 Å². The Labute approximate surface area is 175 Å². The lowest BCUT2D eigenvalue weighted by Crippen LogP contribution is -2.27. The Bertz CT molecular complexity index is 923. The van der Waals surface area contributed by atoms with Crippen molar-refractivity contribution in [2.24, 2.45) is 5.41 Å². The third-order valence-electron chi connectivity index (χ3n) is 4.27. The van der Waals surface area contributed by atoms with Crippen LogP contribution in [0.4, 0.5) is 5.69 Å². The van der Waals surface area contributed by atoms with Crippen molar-refractivity contribution in [1.82, 2.24) is 4.98 Å². The molecule has 0 saturated heterocycles. The van der Waals surface area contributed by atoms with E-state index in [1.54, 1.807) is 44.2 Å². The predicted octanol–water partition coefficient (Wildman–Crippen LogP) is 4.76. The minimum atomic E-state index is -1.01. The number of pyridine rings is 1. The Morgan fingerprint density at radius 3 is 2.21 bits per heavy atom. The van der Waals surface area contributed by atoms with Gasteiger partial charge in [0, 0.05) is 22.4 Å². The van der Waals surface area contributed by atoms with Gasteiger partial charge in [0.05, 0.1) is 5.56 Å². The van der Waals surface area contributed by atoms with Gasteiger partial charge < -0.3 is 10.1 Å². The van der Waals surface area contributed by atoms with E-state index in [1.165, 1.54) is 6.92 Å². The molecular formula is C22H25ClN2O4. The number of carbonyl (C=O) groups excluding carboxylic acids is 3. The van der Waals surface area contributed by atoms with Crippen LogP contribution in [0.15, 0.2) is 30.3 Å². The largest absolute Gasteiger partial charge is 0.451 e. The van der Waals surface area contributed by atoms with Crippen LogP contribution in [-0.2, 0) is 9.53 Å². The lowest BCUT2D eigenvalue weighted by atomic mass is 9.95. The van der Waals surface area contributed by atoms with Crippen molar-refractivity contribution in [1.29, 1.82) is 0 Å². The number of ketones is 1. The first-order valence-electron chi connectivity index (χ1n) is 9.20. The summed E-state index contributed by atoms with van der Waals surface area (Å²) in [6, 6.07) is 8.15. The van der Waals surface area contributed by atoms with Crippen molar-refractivity contribution < 1.29 is 19.1 Å². The predicted molar refractivity (Wildman–Crippen MR) is 112 cm³/mol. The zero-order chi connectivity index (χ0) is 21.9. The summed E-state index contributed by atoms with van der Waals surface area (Å²) < 4.78 is 5.31. The molecule has 1 N–H and O–H groups in total. The van der Waals surface area contributed by atoms with Crippen LogP contribution in [0.3, 0.4) is 0 Å². The first-order chi connectivity index (χ1) is 13.4. The number of hydrogen-bond donors (Lipinski definition) is 1. The number of hydrogen-bond acceptors (Lipinski definition) is 5. The van der Waals surface area contributed by atoms with Crippen LogP contribution in [-0.4, -0.2) is 28.7 Å². The van der Waals surface area contributed by atoms with E-state index >= 15 is 0 Å². The standard InChI is InChI=1S/C22H25ClN2O4/c1-12-11-13(2)24-19(23)17(12)20(27)29-14(3)18(26)15-7-9-16(10-8-15)25-21(28)22(4,5)6/h7-11,14H,1-6H3,(H,25,28)/t14-/m0/s1. The van der Waals surface area contributed by atoms with Crippen molar-refractivity contribution in [3.8, 4) is 0 Å². The summed E-state index contributed by atoms with van der Waals surface area (Å²) in [6.45, 7) is 10.4. The fraction of sp³-hybridized carbons (Fsp3) is 0.364. The summed E-state index contributed by atoms with van der Waals surface area (Å²) in [5.74, 6) is -1.19. The fourth-order valence-corrected chi connectivity index (χ4v) is 2.94. The maximum absolute atomic E-state index is 12.6. The van der Waals surface area contributed by atoms with E-state index in [2.05, 4.69) is 10.3 Å². The summed E-state index contributed by atoms with van der Waals surface area (Å²) in [5.41, 5.74) is 1.89. The molecule has 0 aliphatic rings. The van der Waals surface area contributed by atoms with E-state index in [-0.39, 0.29) is 22.4 Å². The molecule has 2 aromatic rings. The molecule has 0 aliphatic carbocycles. The molecule has 2 rings (SSSR count). The van der Waals surface area contributed by atoms with E-state index in [9.17, 15) is 14.4 Å². The average Bonchev–Trinajstić information content (AvgIpc) is 2.59. The Balaban J connectivity index is 2.09. The summed E-state index contributed by atoms with van der Waals surface area (Å²) >= 11 is 6.07. The first-order valence-corrected chi connectivity index (χ1v) is 9.58. The Morgan fingerprint density at radius 2 is 1.69 bits per heavy atom. The second-order valence-electron chi connectivity index (χ2n) is 7.94. The molecule has 1 amide bonds. The normalized spacial score (nSPS) is 12.2. The highest BCUT2D eigenvalue weighted by Gasteiger charge is 2.24. The van der Waals surface area contributed by atoms with E-state index in [0.717, 1.165) is 0 Å². The van der Waals surface area contributed by atoms with E-state index < -0.39 is 17.5 Å². The highest BCUT2D eigenvalue weighted by molar-refractivity contribution is 6.32. The second-order valence-corrected chi connectivity index (χ2v) is 8.30. The van der Waals surface area contributed by atoms with Gasteiger partial charge in [0.1, 0.15) is 5.15 Å². The molecule has 1 aromatic heterocycles. The Morgan fingerprint density at radius 1 is 1.10 bits per heavy atom. The molecule has 154 valence electrons. The van der Waals surface area contributed by atoms with Crippen molar-refractivity contribution in [2.75, 3.05) is 5.32 Å². The SMILES string of the molecule is Cc1cc(C)c(C(=O)O[C@@H](C)C(=O)c2ccc(NC(=O)C(C)(C)C)cc2)c(Cl)n1. The summed E-state index contributed by atoms with van der Waals surface area (Å²) in [7, 11) is 0. The van der Waals surface area contributed by atoms with E-state index in [1.807, 2.05) is 20.8 Å². The average molecular weight is 417 g/mol. The van der Waals surface area contributed by atoms with Gasteiger partial charge in [-0.3, -0.25) is 9.59 Å². The zero-order valence-electron chi connectivity index (χ0n) is 17.4.